The van der Waals surface area contributed by atoms with Crippen LogP contribution < -0.4 is 10.6 Å². The van der Waals surface area contributed by atoms with Crippen LogP contribution in [0.4, 0.5) is 0 Å². The smallest absolute Gasteiger partial charge is 0.243 e. The standard InChI is InChI=1S/C25H28Cl3N3O2/c1-31-20-8-9-21(31)14-19(13-20)29-25(33)23(10-15-2-5-17(26)6-3-15)30-24(32)11-16-4-7-18(27)12-22(16)28/h2-7,12,19-21,23H,8-11,13-14H2,1H3,(H,29,33)(H,30,32)/t19?,20-,21+,23?. The molecule has 2 amide bonds. The van der Waals surface area contributed by atoms with Gasteiger partial charge in [0.05, 0.1) is 6.42 Å². The minimum Gasteiger partial charge on any atom is -0.351 e. The van der Waals surface area contributed by atoms with E-state index >= 15 is 0 Å². The number of carbonyl (C=O) groups excluding carboxylic acids is 2. The van der Waals surface area contributed by atoms with Crippen LogP contribution in [-0.2, 0) is 22.4 Å². The van der Waals surface area contributed by atoms with E-state index < -0.39 is 6.04 Å². The Kier molecular flexibility index (Phi) is 7.85. The van der Waals surface area contributed by atoms with Crippen molar-refractivity contribution in [1.29, 1.82) is 0 Å². The van der Waals surface area contributed by atoms with Gasteiger partial charge in [-0.05, 0) is 68.1 Å². The van der Waals surface area contributed by atoms with Crippen molar-refractivity contribution in [1.82, 2.24) is 15.5 Å². The van der Waals surface area contributed by atoms with Gasteiger partial charge < -0.3 is 15.5 Å². The number of hydrogen-bond acceptors (Lipinski definition) is 3. The highest BCUT2D eigenvalue weighted by atomic mass is 35.5. The van der Waals surface area contributed by atoms with Crippen LogP contribution in [0, 0.1) is 0 Å². The van der Waals surface area contributed by atoms with Gasteiger partial charge in [-0.15, -0.1) is 0 Å². The topological polar surface area (TPSA) is 61.4 Å². The Morgan fingerprint density at radius 2 is 1.64 bits per heavy atom. The van der Waals surface area contributed by atoms with Crippen molar-refractivity contribution in [3.8, 4) is 0 Å². The van der Waals surface area contributed by atoms with Crippen LogP contribution in [0.25, 0.3) is 0 Å². The maximum atomic E-state index is 13.3. The lowest BCUT2D eigenvalue weighted by Gasteiger charge is -2.37. The van der Waals surface area contributed by atoms with Crippen LogP contribution in [-0.4, -0.2) is 47.9 Å². The largest absolute Gasteiger partial charge is 0.351 e. The zero-order chi connectivity index (χ0) is 23.5. The zero-order valence-electron chi connectivity index (χ0n) is 18.5. The summed E-state index contributed by atoms with van der Waals surface area (Å²) in [4.78, 5) is 28.6. The van der Waals surface area contributed by atoms with Crippen LogP contribution in [0.2, 0.25) is 15.1 Å². The Morgan fingerprint density at radius 1 is 1.00 bits per heavy atom. The van der Waals surface area contributed by atoms with Crippen LogP contribution in [0.3, 0.4) is 0 Å². The summed E-state index contributed by atoms with van der Waals surface area (Å²) < 4.78 is 0. The van der Waals surface area contributed by atoms with E-state index in [1.54, 1.807) is 30.3 Å². The molecule has 0 aliphatic carbocycles. The first kappa shape index (κ1) is 24.3. The molecule has 0 saturated carbocycles. The summed E-state index contributed by atoms with van der Waals surface area (Å²) in [6.07, 6.45) is 4.70. The average Bonchev–Trinajstić information content (AvgIpc) is 2.96. The van der Waals surface area contributed by atoms with Gasteiger partial charge in [0.2, 0.25) is 11.8 Å². The number of benzene rings is 2. The normalized spacial score (nSPS) is 23.2. The van der Waals surface area contributed by atoms with Crippen LogP contribution in [0.15, 0.2) is 42.5 Å². The van der Waals surface area contributed by atoms with Crippen molar-refractivity contribution in [2.24, 2.45) is 0 Å². The predicted molar refractivity (Wildman–Crippen MR) is 133 cm³/mol. The Morgan fingerprint density at radius 3 is 2.27 bits per heavy atom. The van der Waals surface area contributed by atoms with Gasteiger partial charge in [-0.1, -0.05) is 53.0 Å². The number of nitrogens with one attached hydrogen (secondary N) is 2. The summed E-state index contributed by atoms with van der Waals surface area (Å²) in [5, 5.41) is 7.70. The molecule has 4 atom stereocenters. The highest BCUT2D eigenvalue weighted by molar-refractivity contribution is 6.35. The molecular weight excluding hydrogens is 481 g/mol. The molecule has 176 valence electrons. The van der Waals surface area contributed by atoms with Crippen LogP contribution in [0.1, 0.15) is 36.8 Å². The van der Waals surface area contributed by atoms with Gasteiger partial charge in [-0.3, -0.25) is 9.59 Å². The molecule has 0 aromatic heterocycles. The molecule has 33 heavy (non-hydrogen) atoms. The van der Waals surface area contributed by atoms with E-state index in [2.05, 4.69) is 22.6 Å². The van der Waals surface area contributed by atoms with E-state index in [-0.39, 0.29) is 24.3 Å². The molecule has 4 rings (SSSR count). The van der Waals surface area contributed by atoms with Gasteiger partial charge in [-0.2, -0.15) is 0 Å². The number of amides is 2. The number of carbonyl (C=O) groups is 2. The average molecular weight is 509 g/mol. The number of rotatable bonds is 7. The van der Waals surface area contributed by atoms with E-state index in [1.165, 1.54) is 12.8 Å². The number of piperidine rings is 1. The van der Waals surface area contributed by atoms with Gasteiger partial charge in [-0.25, -0.2) is 0 Å². The maximum Gasteiger partial charge on any atom is 0.243 e. The first-order valence-corrected chi connectivity index (χ1v) is 12.4. The molecule has 0 radical (unpaired) electrons. The minimum absolute atomic E-state index is 0.0682. The van der Waals surface area contributed by atoms with Gasteiger partial charge in [0.1, 0.15) is 6.04 Å². The van der Waals surface area contributed by atoms with E-state index in [9.17, 15) is 9.59 Å². The third-order valence-electron chi connectivity index (χ3n) is 6.82. The molecule has 2 N–H and O–H groups in total. The van der Waals surface area contributed by atoms with E-state index in [0.717, 1.165) is 18.4 Å². The summed E-state index contributed by atoms with van der Waals surface area (Å²) in [5.41, 5.74) is 1.59. The SMILES string of the molecule is CN1[C@@H]2CC[C@H]1CC(NC(=O)C(Cc1ccc(Cl)cc1)NC(=O)Cc1ccc(Cl)cc1Cl)C2. The van der Waals surface area contributed by atoms with E-state index in [0.29, 0.717) is 39.1 Å². The fourth-order valence-corrected chi connectivity index (χ4v) is 5.58. The molecule has 2 fully saturated rings. The summed E-state index contributed by atoms with van der Waals surface area (Å²) in [7, 11) is 2.17. The molecule has 5 nitrogen and oxygen atoms in total. The Hall–Kier alpha value is -1.79. The lowest BCUT2D eigenvalue weighted by Crippen LogP contribution is -2.54. The third kappa shape index (κ3) is 6.21. The first-order valence-electron chi connectivity index (χ1n) is 11.3. The van der Waals surface area contributed by atoms with E-state index in [1.807, 2.05) is 12.1 Å². The summed E-state index contributed by atoms with van der Waals surface area (Å²) in [6, 6.07) is 12.8. The fraction of sp³-hybridized carbons (Fsp3) is 0.440. The second-order valence-corrected chi connectivity index (χ2v) is 10.4. The number of fused-ring (bicyclic) bond motifs is 2. The molecule has 2 bridgehead atoms. The number of hydrogen-bond donors (Lipinski definition) is 2. The second kappa shape index (κ2) is 10.6. The molecule has 0 spiro atoms. The van der Waals surface area contributed by atoms with Gasteiger partial charge in [0, 0.05) is 39.6 Å². The van der Waals surface area contributed by atoms with Crippen molar-refractivity contribution < 1.29 is 9.59 Å². The van der Waals surface area contributed by atoms with Crippen LogP contribution in [0.5, 0.6) is 0 Å². The summed E-state index contributed by atoms with van der Waals surface area (Å²) in [5.74, 6) is -0.425. The minimum atomic E-state index is -0.693. The van der Waals surface area contributed by atoms with Gasteiger partial charge >= 0.3 is 0 Å². The summed E-state index contributed by atoms with van der Waals surface area (Å²) >= 11 is 18.2. The fourth-order valence-electron chi connectivity index (χ4n) is 4.98. The predicted octanol–water partition coefficient (Wildman–Crippen LogP) is 4.66. The Bertz CT molecular complexity index is 1000. The van der Waals surface area contributed by atoms with Gasteiger partial charge in [0.15, 0.2) is 0 Å². The molecule has 2 saturated heterocycles. The molecule has 2 aromatic rings. The molecular formula is C25H28Cl3N3O2. The number of halogens is 3. The molecule has 2 aromatic carbocycles. The monoisotopic (exact) mass is 507 g/mol. The molecule has 2 aliphatic heterocycles. The molecule has 2 unspecified atom stereocenters. The quantitative estimate of drug-likeness (QED) is 0.572. The molecule has 8 heteroatoms. The first-order chi connectivity index (χ1) is 15.8. The van der Waals surface area contributed by atoms with Crippen molar-refractivity contribution in [2.45, 2.75) is 62.7 Å². The maximum absolute atomic E-state index is 13.3. The highest BCUT2D eigenvalue weighted by Crippen LogP contribution is 2.34. The van der Waals surface area contributed by atoms with Crippen LogP contribution >= 0.6 is 34.8 Å². The Balaban J connectivity index is 1.44. The molecule has 2 aliphatic rings. The molecule has 2 heterocycles. The third-order valence-corrected chi connectivity index (χ3v) is 7.65. The highest BCUT2D eigenvalue weighted by Gasteiger charge is 2.39. The summed E-state index contributed by atoms with van der Waals surface area (Å²) in [6.45, 7) is 0. The second-order valence-electron chi connectivity index (χ2n) is 9.09. The van der Waals surface area contributed by atoms with E-state index in [4.69, 9.17) is 34.8 Å². The lowest BCUT2D eigenvalue weighted by molar-refractivity contribution is -0.129. The lowest BCUT2D eigenvalue weighted by atomic mass is 9.97. The van der Waals surface area contributed by atoms with Crippen molar-refractivity contribution >= 4 is 46.6 Å². The van der Waals surface area contributed by atoms with Crippen molar-refractivity contribution in [2.75, 3.05) is 7.05 Å². The zero-order valence-corrected chi connectivity index (χ0v) is 20.8. The van der Waals surface area contributed by atoms with Crippen molar-refractivity contribution in [3.05, 3.63) is 68.7 Å². The van der Waals surface area contributed by atoms with Crippen molar-refractivity contribution in [3.63, 3.8) is 0 Å². The number of nitrogens with zero attached hydrogens (tertiary/aromatic N) is 1. The van der Waals surface area contributed by atoms with Gasteiger partial charge in [0.25, 0.3) is 0 Å². The Labute approximate surface area is 209 Å².